The van der Waals surface area contributed by atoms with E-state index >= 15 is 0 Å². The lowest BCUT2D eigenvalue weighted by Crippen LogP contribution is -2.02. The summed E-state index contributed by atoms with van der Waals surface area (Å²) in [7, 11) is 1.61. The van der Waals surface area contributed by atoms with Crippen molar-refractivity contribution in [3.63, 3.8) is 0 Å². The zero-order valence-corrected chi connectivity index (χ0v) is 12.8. The van der Waals surface area contributed by atoms with Crippen LogP contribution in [-0.4, -0.2) is 12.2 Å². The van der Waals surface area contributed by atoms with Gasteiger partial charge < -0.3 is 9.84 Å². The van der Waals surface area contributed by atoms with Crippen LogP contribution in [0.4, 0.5) is 0 Å². The molecule has 2 aromatic rings. The van der Waals surface area contributed by atoms with Crippen LogP contribution in [0.3, 0.4) is 0 Å². The van der Waals surface area contributed by atoms with Gasteiger partial charge in [0.1, 0.15) is 5.75 Å². The van der Waals surface area contributed by atoms with E-state index in [0.29, 0.717) is 11.4 Å². The van der Waals surface area contributed by atoms with Crippen LogP contribution in [0.2, 0.25) is 5.02 Å². The highest BCUT2D eigenvalue weighted by Crippen LogP contribution is 2.27. The zero-order chi connectivity index (χ0) is 13.8. The van der Waals surface area contributed by atoms with E-state index in [0.717, 1.165) is 21.3 Å². The van der Waals surface area contributed by atoms with Crippen LogP contribution in [-0.2, 0) is 6.42 Å². The number of halogens is 2. The van der Waals surface area contributed by atoms with E-state index in [2.05, 4.69) is 15.9 Å². The molecule has 0 radical (unpaired) electrons. The largest absolute Gasteiger partial charge is 0.497 e. The molecule has 1 unspecified atom stereocenters. The van der Waals surface area contributed by atoms with Gasteiger partial charge in [0.05, 0.1) is 13.2 Å². The van der Waals surface area contributed by atoms with Crippen LogP contribution < -0.4 is 4.74 Å². The van der Waals surface area contributed by atoms with E-state index in [4.69, 9.17) is 16.3 Å². The lowest BCUT2D eigenvalue weighted by molar-refractivity contribution is 0.178. The summed E-state index contributed by atoms with van der Waals surface area (Å²) < 4.78 is 6.08. The SMILES string of the molecule is COc1cccc(C(O)Cc2ccc(Br)cc2Cl)c1. The van der Waals surface area contributed by atoms with E-state index in [1.54, 1.807) is 7.11 Å². The summed E-state index contributed by atoms with van der Waals surface area (Å²) in [5.74, 6) is 0.735. The van der Waals surface area contributed by atoms with Gasteiger partial charge in [-0.3, -0.25) is 0 Å². The van der Waals surface area contributed by atoms with Crippen LogP contribution in [0.5, 0.6) is 5.75 Å². The molecular formula is C15H14BrClO2. The molecule has 0 fully saturated rings. The fraction of sp³-hybridized carbons (Fsp3) is 0.200. The van der Waals surface area contributed by atoms with Crippen LogP contribution in [0, 0.1) is 0 Å². The van der Waals surface area contributed by atoms with E-state index in [1.807, 2.05) is 42.5 Å². The maximum Gasteiger partial charge on any atom is 0.119 e. The van der Waals surface area contributed by atoms with Gasteiger partial charge in [0, 0.05) is 15.9 Å². The molecule has 0 aromatic heterocycles. The quantitative estimate of drug-likeness (QED) is 0.894. The maximum atomic E-state index is 10.3. The van der Waals surface area contributed by atoms with Crippen molar-refractivity contribution >= 4 is 27.5 Å². The first kappa shape index (κ1) is 14.4. The minimum Gasteiger partial charge on any atom is -0.497 e. The molecule has 2 nitrogen and oxygen atoms in total. The third kappa shape index (κ3) is 3.72. The third-order valence-electron chi connectivity index (χ3n) is 2.91. The highest BCUT2D eigenvalue weighted by atomic mass is 79.9. The van der Waals surface area contributed by atoms with Gasteiger partial charge in [0.15, 0.2) is 0 Å². The lowest BCUT2D eigenvalue weighted by Gasteiger charge is -2.13. The van der Waals surface area contributed by atoms with Gasteiger partial charge >= 0.3 is 0 Å². The molecule has 2 aromatic carbocycles. The molecule has 0 aliphatic rings. The van der Waals surface area contributed by atoms with Crippen LogP contribution in [0.15, 0.2) is 46.9 Å². The van der Waals surface area contributed by atoms with Gasteiger partial charge in [-0.1, -0.05) is 45.7 Å². The van der Waals surface area contributed by atoms with Crippen molar-refractivity contribution in [3.8, 4) is 5.75 Å². The smallest absolute Gasteiger partial charge is 0.119 e. The summed E-state index contributed by atoms with van der Waals surface area (Å²) in [5.41, 5.74) is 1.73. The number of hydrogen-bond acceptors (Lipinski definition) is 2. The Morgan fingerprint density at radius 2 is 2.05 bits per heavy atom. The average Bonchev–Trinajstić information content (AvgIpc) is 2.42. The van der Waals surface area contributed by atoms with E-state index in [-0.39, 0.29) is 0 Å². The topological polar surface area (TPSA) is 29.5 Å². The summed E-state index contributed by atoms with van der Waals surface area (Å²) in [6.45, 7) is 0. The average molecular weight is 342 g/mol. The molecule has 19 heavy (non-hydrogen) atoms. The molecule has 100 valence electrons. The van der Waals surface area contributed by atoms with E-state index in [1.165, 1.54) is 0 Å². The Bertz CT molecular complexity index is 572. The summed E-state index contributed by atoms with van der Waals surface area (Å²) in [5, 5.41) is 10.9. The highest BCUT2D eigenvalue weighted by Gasteiger charge is 2.11. The van der Waals surface area contributed by atoms with Gasteiger partial charge in [-0.25, -0.2) is 0 Å². The van der Waals surface area contributed by atoms with Crippen molar-refractivity contribution in [1.82, 2.24) is 0 Å². The Labute approximate surface area is 126 Å². The minimum atomic E-state index is -0.603. The lowest BCUT2D eigenvalue weighted by atomic mass is 10.0. The van der Waals surface area contributed by atoms with Crippen molar-refractivity contribution < 1.29 is 9.84 Å². The zero-order valence-electron chi connectivity index (χ0n) is 10.4. The monoisotopic (exact) mass is 340 g/mol. The molecule has 0 amide bonds. The second-order valence-electron chi connectivity index (χ2n) is 4.23. The fourth-order valence-electron chi connectivity index (χ4n) is 1.86. The summed E-state index contributed by atoms with van der Waals surface area (Å²) in [6.07, 6.45) is -0.131. The third-order valence-corrected chi connectivity index (χ3v) is 3.75. The first-order valence-electron chi connectivity index (χ1n) is 5.86. The predicted molar refractivity (Wildman–Crippen MR) is 80.8 cm³/mol. The predicted octanol–water partition coefficient (Wildman–Crippen LogP) is 4.39. The van der Waals surface area contributed by atoms with Gasteiger partial charge in [-0.15, -0.1) is 0 Å². The second kappa shape index (κ2) is 6.42. The van der Waals surface area contributed by atoms with Gasteiger partial charge in [0.2, 0.25) is 0 Å². The van der Waals surface area contributed by atoms with Crippen molar-refractivity contribution in [2.45, 2.75) is 12.5 Å². The van der Waals surface area contributed by atoms with Crippen molar-refractivity contribution in [2.75, 3.05) is 7.11 Å². The Kier molecular flexibility index (Phi) is 4.86. The summed E-state index contributed by atoms with van der Waals surface area (Å²) >= 11 is 9.52. The Morgan fingerprint density at radius 1 is 1.26 bits per heavy atom. The minimum absolute atomic E-state index is 0.472. The van der Waals surface area contributed by atoms with Crippen molar-refractivity contribution in [3.05, 3.63) is 63.1 Å². The summed E-state index contributed by atoms with van der Waals surface area (Å²) in [6, 6.07) is 13.1. The molecule has 0 aliphatic heterocycles. The molecule has 0 saturated heterocycles. The molecule has 0 heterocycles. The van der Waals surface area contributed by atoms with Gasteiger partial charge in [0.25, 0.3) is 0 Å². The normalized spacial score (nSPS) is 12.2. The molecule has 0 aliphatic carbocycles. The molecule has 1 atom stereocenters. The van der Waals surface area contributed by atoms with E-state index in [9.17, 15) is 5.11 Å². The molecule has 4 heteroatoms. The van der Waals surface area contributed by atoms with Crippen LogP contribution in [0.25, 0.3) is 0 Å². The number of hydrogen-bond donors (Lipinski definition) is 1. The number of methoxy groups -OCH3 is 1. The second-order valence-corrected chi connectivity index (χ2v) is 5.56. The van der Waals surface area contributed by atoms with Crippen LogP contribution in [0.1, 0.15) is 17.2 Å². The number of rotatable bonds is 4. The Balaban J connectivity index is 2.17. The number of ether oxygens (including phenoxy) is 1. The van der Waals surface area contributed by atoms with Crippen molar-refractivity contribution in [1.29, 1.82) is 0 Å². The Morgan fingerprint density at radius 3 is 2.74 bits per heavy atom. The molecule has 1 N–H and O–H groups in total. The number of aliphatic hydroxyl groups excluding tert-OH is 1. The number of aliphatic hydroxyl groups is 1. The molecule has 0 spiro atoms. The molecular weight excluding hydrogens is 328 g/mol. The fourth-order valence-corrected chi connectivity index (χ4v) is 2.61. The van der Waals surface area contributed by atoms with Crippen LogP contribution >= 0.6 is 27.5 Å². The van der Waals surface area contributed by atoms with E-state index < -0.39 is 6.10 Å². The molecule has 0 bridgehead atoms. The highest BCUT2D eigenvalue weighted by molar-refractivity contribution is 9.10. The molecule has 0 saturated carbocycles. The molecule has 2 rings (SSSR count). The van der Waals surface area contributed by atoms with Gasteiger partial charge in [-0.05, 0) is 35.4 Å². The standard InChI is InChI=1S/C15H14BrClO2/c1-19-13-4-2-3-11(7-13)15(18)8-10-5-6-12(16)9-14(10)17/h2-7,9,15,18H,8H2,1H3. The maximum absolute atomic E-state index is 10.3. The van der Waals surface area contributed by atoms with Crippen molar-refractivity contribution in [2.24, 2.45) is 0 Å². The Hall–Kier alpha value is -1.03. The number of benzene rings is 2. The first-order valence-corrected chi connectivity index (χ1v) is 7.03. The summed E-state index contributed by atoms with van der Waals surface area (Å²) in [4.78, 5) is 0. The van der Waals surface area contributed by atoms with Gasteiger partial charge in [-0.2, -0.15) is 0 Å². The first-order chi connectivity index (χ1) is 9.10.